The van der Waals surface area contributed by atoms with E-state index in [0.717, 1.165) is 5.56 Å². The third kappa shape index (κ3) is 3.45. The molecule has 2 aliphatic rings. The smallest absolute Gasteiger partial charge is 0.325 e. The first-order valence-electron chi connectivity index (χ1n) is 9.09. The molecule has 4 rings (SSSR count). The van der Waals surface area contributed by atoms with Crippen LogP contribution in [0.3, 0.4) is 0 Å². The molecular weight excluding hydrogens is 346 g/mol. The molecule has 2 amide bonds. The summed E-state index contributed by atoms with van der Waals surface area (Å²) in [5.74, 6) is -0.0766. The molecule has 1 aromatic carbocycles. The average molecular weight is 367 g/mol. The number of anilines is 1. The van der Waals surface area contributed by atoms with Gasteiger partial charge in [0.2, 0.25) is 0 Å². The minimum absolute atomic E-state index is 0.150. The average Bonchev–Trinajstić information content (AvgIpc) is 2.73. The van der Waals surface area contributed by atoms with E-state index in [0.29, 0.717) is 44.0 Å². The van der Waals surface area contributed by atoms with Crippen molar-refractivity contribution in [2.45, 2.75) is 18.9 Å². The molecule has 0 radical (unpaired) electrons. The van der Waals surface area contributed by atoms with Crippen molar-refractivity contribution in [3.05, 3.63) is 54.2 Å². The number of carboxylic acids is 1. The Kier molecular flexibility index (Phi) is 4.66. The van der Waals surface area contributed by atoms with Gasteiger partial charge in [-0.1, -0.05) is 30.3 Å². The van der Waals surface area contributed by atoms with Gasteiger partial charge >= 0.3 is 12.0 Å². The SMILES string of the molecule is O=C(O)C1CCN(C(=O)N2C[C@H](c3ccccc3)Oc3cccnc32)CC1. The number of amides is 2. The third-order valence-electron chi connectivity index (χ3n) is 5.14. The summed E-state index contributed by atoms with van der Waals surface area (Å²) in [7, 11) is 0. The molecule has 140 valence electrons. The van der Waals surface area contributed by atoms with Crippen molar-refractivity contribution >= 4 is 17.8 Å². The van der Waals surface area contributed by atoms with Gasteiger partial charge in [-0.25, -0.2) is 9.78 Å². The first kappa shape index (κ1) is 17.3. The summed E-state index contributed by atoms with van der Waals surface area (Å²) in [5, 5.41) is 9.16. The standard InChI is InChI=1S/C20H21N3O4/c24-19(25)15-8-11-22(12-9-15)20(26)23-13-17(14-5-2-1-3-6-14)27-16-7-4-10-21-18(16)23/h1-7,10,15,17H,8-9,11-13H2,(H,24,25)/t17-/m1/s1. The highest BCUT2D eigenvalue weighted by molar-refractivity contribution is 5.93. The fourth-order valence-electron chi connectivity index (χ4n) is 3.62. The van der Waals surface area contributed by atoms with Crippen molar-refractivity contribution in [3.8, 4) is 5.75 Å². The summed E-state index contributed by atoms with van der Waals surface area (Å²) in [4.78, 5) is 32.0. The van der Waals surface area contributed by atoms with Gasteiger partial charge < -0.3 is 14.7 Å². The van der Waals surface area contributed by atoms with Crippen molar-refractivity contribution in [1.82, 2.24) is 9.88 Å². The van der Waals surface area contributed by atoms with E-state index in [1.165, 1.54) is 0 Å². The first-order valence-corrected chi connectivity index (χ1v) is 9.09. The molecule has 2 aromatic rings. The zero-order chi connectivity index (χ0) is 18.8. The molecule has 1 N–H and O–H groups in total. The van der Waals surface area contributed by atoms with Crippen molar-refractivity contribution in [3.63, 3.8) is 0 Å². The molecule has 2 aliphatic heterocycles. The number of ether oxygens (including phenoxy) is 1. The quantitative estimate of drug-likeness (QED) is 0.882. The molecule has 1 fully saturated rings. The fraction of sp³-hybridized carbons (Fsp3) is 0.350. The van der Waals surface area contributed by atoms with E-state index in [2.05, 4.69) is 4.98 Å². The largest absolute Gasteiger partial charge is 0.481 e. The van der Waals surface area contributed by atoms with E-state index in [9.17, 15) is 9.59 Å². The number of pyridine rings is 1. The lowest BCUT2D eigenvalue weighted by atomic mass is 9.97. The molecule has 0 bridgehead atoms. The Morgan fingerprint density at radius 1 is 1.07 bits per heavy atom. The lowest BCUT2D eigenvalue weighted by Crippen LogP contribution is -2.50. The Balaban J connectivity index is 1.57. The van der Waals surface area contributed by atoms with Crippen LogP contribution >= 0.6 is 0 Å². The zero-order valence-corrected chi connectivity index (χ0v) is 14.8. The number of carboxylic acid groups (broad SMARTS) is 1. The van der Waals surface area contributed by atoms with Gasteiger partial charge in [0.1, 0.15) is 6.10 Å². The molecule has 0 aliphatic carbocycles. The van der Waals surface area contributed by atoms with E-state index in [1.54, 1.807) is 22.1 Å². The topological polar surface area (TPSA) is 83.0 Å². The maximum Gasteiger partial charge on any atom is 0.325 e. The number of hydrogen-bond acceptors (Lipinski definition) is 4. The van der Waals surface area contributed by atoms with Crippen molar-refractivity contribution in [2.24, 2.45) is 5.92 Å². The second-order valence-corrected chi connectivity index (χ2v) is 6.84. The molecule has 1 atom stereocenters. The summed E-state index contributed by atoms with van der Waals surface area (Å²) in [6, 6.07) is 13.2. The zero-order valence-electron chi connectivity index (χ0n) is 14.8. The van der Waals surface area contributed by atoms with Crippen molar-refractivity contribution in [2.75, 3.05) is 24.5 Å². The summed E-state index contributed by atoms with van der Waals surface area (Å²) >= 11 is 0. The number of aliphatic carboxylic acids is 1. The van der Waals surface area contributed by atoms with Gasteiger partial charge in [-0.15, -0.1) is 0 Å². The molecule has 7 heteroatoms. The van der Waals surface area contributed by atoms with Gasteiger partial charge in [0.15, 0.2) is 11.6 Å². The highest BCUT2D eigenvalue weighted by Gasteiger charge is 2.36. The Bertz CT molecular complexity index is 834. The van der Waals surface area contributed by atoms with Crippen molar-refractivity contribution < 1.29 is 19.4 Å². The summed E-state index contributed by atoms with van der Waals surface area (Å²) in [5.41, 5.74) is 0.995. The Morgan fingerprint density at radius 2 is 1.81 bits per heavy atom. The molecule has 27 heavy (non-hydrogen) atoms. The van der Waals surface area contributed by atoms with Crippen LogP contribution in [-0.4, -0.2) is 46.6 Å². The molecular formula is C20H21N3O4. The summed E-state index contributed by atoms with van der Waals surface area (Å²) in [6.45, 7) is 1.24. The number of nitrogens with zero attached hydrogens (tertiary/aromatic N) is 3. The number of rotatable bonds is 2. The van der Waals surface area contributed by atoms with Gasteiger partial charge in [-0.05, 0) is 30.5 Å². The van der Waals surface area contributed by atoms with E-state index in [-0.39, 0.29) is 18.1 Å². The van der Waals surface area contributed by atoms with Gasteiger partial charge in [0, 0.05) is 19.3 Å². The maximum atomic E-state index is 13.2. The van der Waals surface area contributed by atoms with E-state index in [1.807, 2.05) is 36.4 Å². The van der Waals surface area contributed by atoms with Crippen LogP contribution in [-0.2, 0) is 4.79 Å². The number of piperidine rings is 1. The van der Waals surface area contributed by atoms with Crippen LogP contribution in [0.5, 0.6) is 5.75 Å². The van der Waals surface area contributed by atoms with E-state index >= 15 is 0 Å². The Labute approximate surface area is 157 Å². The Morgan fingerprint density at radius 3 is 2.52 bits per heavy atom. The van der Waals surface area contributed by atoms with E-state index in [4.69, 9.17) is 9.84 Å². The normalized spacial score (nSPS) is 19.9. The van der Waals surface area contributed by atoms with Crippen LogP contribution in [0.15, 0.2) is 48.7 Å². The molecule has 0 unspecified atom stereocenters. The first-order chi connectivity index (χ1) is 13.1. The number of fused-ring (bicyclic) bond motifs is 1. The highest BCUT2D eigenvalue weighted by atomic mass is 16.5. The molecule has 0 saturated carbocycles. The summed E-state index contributed by atoms with van der Waals surface area (Å²) in [6.07, 6.45) is 2.32. The lowest BCUT2D eigenvalue weighted by Gasteiger charge is -2.38. The maximum absolute atomic E-state index is 13.2. The second-order valence-electron chi connectivity index (χ2n) is 6.84. The minimum atomic E-state index is -0.787. The molecule has 1 saturated heterocycles. The molecule has 3 heterocycles. The van der Waals surface area contributed by atoms with Gasteiger partial charge in [-0.3, -0.25) is 9.69 Å². The Hall–Kier alpha value is -3.09. The number of carbonyl (C=O) groups excluding carboxylic acids is 1. The van der Waals surface area contributed by atoms with Gasteiger partial charge in [0.25, 0.3) is 0 Å². The van der Waals surface area contributed by atoms with Crippen LogP contribution in [0.4, 0.5) is 10.6 Å². The van der Waals surface area contributed by atoms with Crippen LogP contribution < -0.4 is 9.64 Å². The number of urea groups is 1. The van der Waals surface area contributed by atoms with Crippen LogP contribution in [0.1, 0.15) is 24.5 Å². The molecule has 0 spiro atoms. The molecule has 7 nitrogen and oxygen atoms in total. The monoisotopic (exact) mass is 367 g/mol. The van der Waals surface area contributed by atoms with Crippen LogP contribution in [0.25, 0.3) is 0 Å². The van der Waals surface area contributed by atoms with Gasteiger partial charge in [-0.2, -0.15) is 0 Å². The van der Waals surface area contributed by atoms with Crippen LogP contribution in [0, 0.1) is 5.92 Å². The minimum Gasteiger partial charge on any atom is -0.481 e. The lowest BCUT2D eigenvalue weighted by molar-refractivity contribution is -0.143. The van der Waals surface area contributed by atoms with Crippen LogP contribution in [0.2, 0.25) is 0 Å². The fourth-order valence-corrected chi connectivity index (χ4v) is 3.62. The third-order valence-corrected chi connectivity index (χ3v) is 5.14. The predicted octanol–water partition coefficient (Wildman–Crippen LogP) is 2.94. The number of likely N-dealkylation sites (tertiary alicyclic amines) is 1. The summed E-state index contributed by atoms with van der Waals surface area (Å²) < 4.78 is 6.08. The number of hydrogen-bond donors (Lipinski definition) is 1. The number of carbonyl (C=O) groups is 2. The van der Waals surface area contributed by atoms with Crippen molar-refractivity contribution in [1.29, 1.82) is 0 Å². The van der Waals surface area contributed by atoms with E-state index < -0.39 is 5.97 Å². The predicted molar refractivity (Wildman–Crippen MR) is 98.7 cm³/mol. The highest BCUT2D eigenvalue weighted by Crippen LogP contribution is 2.37. The second kappa shape index (κ2) is 7.26. The number of benzene rings is 1. The number of aromatic nitrogens is 1. The van der Waals surface area contributed by atoms with Gasteiger partial charge in [0.05, 0.1) is 12.5 Å². The molecule has 1 aromatic heterocycles.